The summed E-state index contributed by atoms with van der Waals surface area (Å²) in [7, 11) is 0. The van der Waals surface area contributed by atoms with Crippen molar-refractivity contribution in [3.8, 4) is 0 Å². The van der Waals surface area contributed by atoms with Crippen molar-refractivity contribution in [1.29, 1.82) is 0 Å². The molecule has 3 rings (SSSR count). The van der Waals surface area contributed by atoms with Crippen molar-refractivity contribution in [2.75, 3.05) is 0 Å². The van der Waals surface area contributed by atoms with Crippen molar-refractivity contribution in [1.82, 2.24) is 4.98 Å². The number of aromatic nitrogens is 1. The number of ether oxygens (including phenoxy) is 1. The van der Waals surface area contributed by atoms with E-state index in [1.54, 1.807) is 18.5 Å². The summed E-state index contributed by atoms with van der Waals surface area (Å²) in [5.74, 6) is 0.441. The highest BCUT2D eigenvalue weighted by Crippen LogP contribution is 2.66. The lowest BCUT2D eigenvalue weighted by Gasteiger charge is -2.38. The van der Waals surface area contributed by atoms with Gasteiger partial charge in [-0.05, 0) is 48.3 Å². The van der Waals surface area contributed by atoms with Crippen molar-refractivity contribution in [2.45, 2.75) is 46.1 Å². The molecule has 0 radical (unpaired) electrons. The highest BCUT2D eigenvalue weighted by molar-refractivity contribution is 5.87. The largest absolute Gasteiger partial charge is 0.459 e. The van der Waals surface area contributed by atoms with Crippen LogP contribution in [-0.4, -0.2) is 17.1 Å². The van der Waals surface area contributed by atoms with Crippen LogP contribution in [-0.2, 0) is 9.53 Å². The molecule has 0 spiro atoms. The first-order valence-electron chi connectivity index (χ1n) is 7.72. The van der Waals surface area contributed by atoms with Crippen LogP contribution in [0.3, 0.4) is 0 Å². The average molecular weight is 285 g/mol. The minimum Gasteiger partial charge on any atom is -0.459 e. The Morgan fingerprint density at radius 3 is 2.81 bits per heavy atom. The van der Waals surface area contributed by atoms with Crippen LogP contribution in [0.25, 0.3) is 6.08 Å². The summed E-state index contributed by atoms with van der Waals surface area (Å²) in [5, 5.41) is 0. The van der Waals surface area contributed by atoms with Gasteiger partial charge in [-0.3, -0.25) is 4.98 Å². The minimum absolute atomic E-state index is 0.0531. The number of hydrogen-bond donors (Lipinski definition) is 0. The highest BCUT2D eigenvalue weighted by Gasteiger charge is 2.62. The van der Waals surface area contributed by atoms with Gasteiger partial charge in [0.15, 0.2) is 0 Å². The topological polar surface area (TPSA) is 39.2 Å². The summed E-state index contributed by atoms with van der Waals surface area (Å²) < 4.78 is 5.76. The lowest BCUT2D eigenvalue weighted by Crippen LogP contribution is -2.38. The van der Waals surface area contributed by atoms with E-state index >= 15 is 0 Å². The number of carbonyl (C=O) groups is 1. The molecule has 112 valence electrons. The molecule has 2 fully saturated rings. The maximum Gasteiger partial charge on any atom is 0.331 e. The Kier molecular flexibility index (Phi) is 3.39. The van der Waals surface area contributed by atoms with Crippen molar-refractivity contribution in [2.24, 2.45) is 16.7 Å². The molecule has 3 heteroatoms. The van der Waals surface area contributed by atoms with E-state index in [2.05, 4.69) is 25.8 Å². The molecule has 2 saturated carbocycles. The van der Waals surface area contributed by atoms with E-state index in [1.165, 1.54) is 12.5 Å². The van der Waals surface area contributed by atoms with Crippen LogP contribution in [0.2, 0.25) is 0 Å². The molecule has 1 aromatic rings. The first kappa shape index (κ1) is 14.3. The molecule has 3 atom stereocenters. The SMILES string of the molecule is CC1(C)C2CCC1(C)C(OC(=O)/C=C/c1cccnc1)C2. The van der Waals surface area contributed by atoms with Crippen LogP contribution in [0, 0.1) is 16.7 Å². The van der Waals surface area contributed by atoms with Crippen LogP contribution in [0.5, 0.6) is 0 Å². The third-order valence-corrected chi connectivity index (χ3v) is 6.07. The maximum absolute atomic E-state index is 12.1. The summed E-state index contributed by atoms with van der Waals surface area (Å²) >= 11 is 0. The average Bonchev–Trinajstić information content (AvgIpc) is 2.79. The lowest BCUT2D eigenvalue weighted by molar-refractivity contribution is -0.150. The van der Waals surface area contributed by atoms with E-state index in [-0.39, 0.29) is 22.9 Å². The molecule has 3 nitrogen and oxygen atoms in total. The molecular formula is C18H23NO2. The van der Waals surface area contributed by atoms with Crippen LogP contribution >= 0.6 is 0 Å². The lowest BCUT2D eigenvalue weighted by atomic mass is 9.70. The number of nitrogens with zero attached hydrogens (tertiary/aromatic N) is 1. The Bertz CT molecular complexity index is 564. The summed E-state index contributed by atoms with van der Waals surface area (Å²) in [6.45, 7) is 6.93. The van der Waals surface area contributed by atoms with Crippen LogP contribution in [0.1, 0.15) is 45.6 Å². The van der Waals surface area contributed by atoms with Crippen molar-refractivity contribution in [3.63, 3.8) is 0 Å². The molecular weight excluding hydrogens is 262 g/mol. The second-order valence-corrected chi connectivity index (χ2v) is 7.16. The molecule has 0 aliphatic heterocycles. The Balaban J connectivity index is 1.66. The second-order valence-electron chi connectivity index (χ2n) is 7.16. The smallest absolute Gasteiger partial charge is 0.331 e. The van der Waals surface area contributed by atoms with E-state index < -0.39 is 0 Å². The van der Waals surface area contributed by atoms with Gasteiger partial charge < -0.3 is 4.74 Å². The molecule has 0 saturated heterocycles. The first-order chi connectivity index (χ1) is 9.93. The normalized spacial score (nSPS) is 33.5. The number of rotatable bonds is 3. The molecule has 2 aliphatic carbocycles. The number of fused-ring (bicyclic) bond motifs is 2. The zero-order valence-corrected chi connectivity index (χ0v) is 13.0. The fourth-order valence-electron chi connectivity index (χ4n) is 4.13. The highest BCUT2D eigenvalue weighted by atomic mass is 16.5. The Hall–Kier alpha value is -1.64. The van der Waals surface area contributed by atoms with Crippen molar-refractivity contribution < 1.29 is 9.53 Å². The molecule has 0 N–H and O–H groups in total. The van der Waals surface area contributed by atoms with Gasteiger partial charge in [0.25, 0.3) is 0 Å². The number of hydrogen-bond acceptors (Lipinski definition) is 3. The monoisotopic (exact) mass is 285 g/mol. The third kappa shape index (κ3) is 2.29. The van der Waals surface area contributed by atoms with Gasteiger partial charge in [0.2, 0.25) is 0 Å². The number of carbonyl (C=O) groups excluding carboxylic acids is 1. The molecule has 0 amide bonds. The van der Waals surface area contributed by atoms with Gasteiger partial charge in [-0.1, -0.05) is 26.8 Å². The number of pyridine rings is 1. The zero-order chi connectivity index (χ0) is 15.1. The van der Waals surface area contributed by atoms with Crippen molar-refractivity contribution in [3.05, 3.63) is 36.2 Å². The van der Waals surface area contributed by atoms with Gasteiger partial charge >= 0.3 is 5.97 Å². The van der Waals surface area contributed by atoms with Gasteiger partial charge in [-0.2, -0.15) is 0 Å². The molecule has 1 heterocycles. The third-order valence-electron chi connectivity index (χ3n) is 6.07. The summed E-state index contributed by atoms with van der Waals surface area (Å²) in [6.07, 6.45) is 10.2. The molecule has 2 aliphatic rings. The van der Waals surface area contributed by atoms with E-state index in [4.69, 9.17) is 4.74 Å². The van der Waals surface area contributed by atoms with Gasteiger partial charge in [0.1, 0.15) is 6.10 Å². The van der Waals surface area contributed by atoms with Crippen molar-refractivity contribution >= 4 is 12.0 Å². The van der Waals surface area contributed by atoms with E-state index in [0.717, 1.165) is 18.4 Å². The van der Waals surface area contributed by atoms with Crippen LogP contribution in [0.15, 0.2) is 30.6 Å². The molecule has 1 aromatic heterocycles. The second kappa shape index (κ2) is 4.97. The predicted octanol–water partition coefficient (Wildman–Crippen LogP) is 3.85. The standard InChI is InChI=1S/C18H23NO2/c1-17(2)14-8-9-18(17,3)15(11-14)21-16(20)7-6-13-5-4-10-19-12-13/h4-7,10,12,14-15H,8-9,11H2,1-3H3/b7-6+. The van der Waals surface area contributed by atoms with Gasteiger partial charge in [0.05, 0.1) is 0 Å². The Labute approximate surface area is 126 Å². The first-order valence-corrected chi connectivity index (χ1v) is 7.72. The summed E-state index contributed by atoms with van der Waals surface area (Å²) in [6, 6.07) is 3.77. The summed E-state index contributed by atoms with van der Waals surface area (Å²) in [4.78, 5) is 16.1. The quantitative estimate of drug-likeness (QED) is 0.625. The van der Waals surface area contributed by atoms with Crippen LogP contribution in [0.4, 0.5) is 0 Å². The molecule has 3 unspecified atom stereocenters. The maximum atomic E-state index is 12.1. The van der Waals surface area contributed by atoms with E-state index in [1.807, 2.05) is 12.1 Å². The van der Waals surface area contributed by atoms with E-state index in [0.29, 0.717) is 5.92 Å². The fourth-order valence-corrected chi connectivity index (χ4v) is 4.13. The Morgan fingerprint density at radius 1 is 1.43 bits per heavy atom. The number of esters is 1. The van der Waals surface area contributed by atoms with Gasteiger partial charge in [-0.15, -0.1) is 0 Å². The molecule has 0 aromatic carbocycles. The van der Waals surface area contributed by atoms with E-state index in [9.17, 15) is 4.79 Å². The molecule has 2 bridgehead atoms. The summed E-state index contributed by atoms with van der Waals surface area (Å²) in [5.41, 5.74) is 1.30. The fraction of sp³-hybridized carbons (Fsp3) is 0.556. The predicted molar refractivity (Wildman–Crippen MR) is 82.4 cm³/mol. The van der Waals surface area contributed by atoms with Gasteiger partial charge in [0, 0.05) is 23.9 Å². The zero-order valence-electron chi connectivity index (χ0n) is 13.0. The molecule has 21 heavy (non-hydrogen) atoms. The van der Waals surface area contributed by atoms with Gasteiger partial charge in [-0.25, -0.2) is 4.79 Å². The Morgan fingerprint density at radius 2 is 2.24 bits per heavy atom. The van der Waals surface area contributed by atoms with Crippen LogP contribution < -0.4 is 0 Å². The minimum atomic E-state index is -0.242.